The van der Waals surface area contributed by atoms with E-state index in [1.54, 1.807) is 0 Å². The van der Waals surface area contributed by atoms with Crippen LogP contribution < -0.4 is 0 Å². The number of rotatable bonds is 1. The van der Waals surface area contributed by atoms with Crippen LogP contribution in [0.2, 0.25) is 0 Å². The molecule has 1 fully saturated rings. The fourth-order valence-corrected chi connectivity index (χ4v) is 3.02. The van der Waals surface area contributed by atoms with Gasteiger partial charge in [-0.15, -0.1) is 0 Å². The maximum Gasteiger partial charge on any atom is 0.216 e. The minimum Gasteiger partial charge on any atom is -0.474 e. The van der Waals surface area contributed by atoms with Crippen LogP contribution in [0.1, 0.15) is 38.2 Å². The number of hydrogen-bond acceptors (Lipinski definition) is 2. The zero-order valence-corrected chi connectivity index (χ0v) is 10.3. The van der Waals surface area contributed by atoms with Crippen LogP contribution >= 0.6 is 0 Å². The number of aliphatic imine (C=N–C) groups is 1. The Morgan fingerprint density at radius 2 is 1.88 bits per heavy atom. The smallest absolute Gasteiger partial charge is 0.216 e. The molecule has 1 aromatic rings. The summed E-state index contributed by atoms with van der Waals surface area (Å²) in [4.78, 5) is 4.82. The summed E-state index contributed by atoms with van der Waals surface area (Å²) in [5, 5.41) is 0. The molecule has 1 aliphatic heterocycles. The summed E-state index contributed by atoms with van der Waals surface area (Å²) in [6, 6.07) is 10.8. The molecule has 17 heavy (non-hydrogen) atoms. The van der Waals surface area contributed by atoms with Gasteiger partial charge in [0.25, 0.3) is 0 Å². The first-order valence-corrected chi connectivity index (χ1v) is 6.64. The van der Waals surface area contributed by atoms with Gasteiger partial charge >= 0.3 is 0 Å². The quantitative estimate of drug-likeness (QED) is 0.723. The van der Waals surface area contributed by atoms with Crippen molar-refractivity contribution >= 4 is 5.90 Å². The number of ether oxygens (including phenoxy) is 1. The topological polar surface area (TPSA) is 21.6 Å². The molecule has 2 heteroatoms. The zero-order valence-electron chi connectivity index (χ0n) is 10.3. The average molecular weight is 229 g/mol. The van der Waals surface area contributed by atoms with Crippen LogP contribution in [0.3, 0.4) is 0 Å². The highest BCUT2D eigenvalue weighted by Gasteiger charge is 2.35. The second kappa shape index (κ2) is 4.52. The monoisotopic (exact) mass is 229 g/mol. The number of hydrogen-bond donors (Lipinski definition) is 0. The molecule has 0 radical (unpaired) electrons. The van der Waals surface area contributed by atoms with Crippen LogP contribution in [-0.4, -0.2) is 18.0 Å². The molecule has 1 aromatic carbocycles. The Kier molecular flexibility index (Phi) is 2.87. The Labute approximate surface area is 103 Å². The van der Waals surface area contributed by atoms with Gasteiger partial charge in [0.15, 0.2) is 0 Å². The van der Waals surface area contributed by atoms with Gasteiger partial charge in [-0.1, -0.05) is 31.0 Å². The molecule has 0 aromatic heterocycles. The molecule has 1 aliphatic carbocycles. The first-order valence-electron chi connectivity index (χ1n) is 6.64. The third-order valence-electron chi connectivity index (χ3n) is 3.99. The fourth-order valence-electron chi connectivity index (χ4n) is 3.02. The minimum absolute atomic E-state index is 0.313. The lowest BCUT2D eigenvalue weighted by atomic mass is 9.81. The summed E-state index contributed by atoms with van der Waals surface area (Å²) >= 11 is 0. The van der Waals surface area contributed by atoms with Crippen molar-refractivity contribution in [2.24, 2.45) is 10.9 Å². The standard InChI is InChI=1S/C15H19NO/c1-11-13-9-5-6-10-14(13)16-15(17-11)12-7-3-2-4-8-12/h2-4,7-8,11,13-14H,5-6,9-10H2,1H3/t11-,13-,14+/m1/s1. The van der Waals surface area contributed by atoms with E-state index in [1.165, 1.54) is 25.7 Å². The number of benzene rings is 1. The van der Waals surface area contributed by atoms with E-state index in [9.17, 15) is 0 Å². The van der Waals surface area contributed by atoms with E-state index in [4.69, 9.17) is 9.73 Å². The van der Waals surface area contributed by atoms with E-state index in [2.05, 4.69) is 19.1 Å². The molecular formula is C15H19NO. The number of fused-ring (bicyclic) bond motifs is 1. The summed E-state index contributed by atoms with van der Waals surface area (Å²) in [7, 11) is 0. The third kappa shape index (κ3) is 2.08. The predicted molar refractivity (Wildman–Crippen MR) is 69.3 cm³/mol. The van der Waals surface area contributed by atoms with Crippen LogP contribution in [0.5, 0.6) is 0 Å². The van der Waals surface area contributed by atoms with Crippen molar-refractivity contribution in [1.82, 2.24) is 0 Å². The van der Waals surface area contributed by atoms with Crippen molar-refractivity contribution < 1.29 is 4.74 Å². The minimum atomic E-state index is 0.313. The second-order valence-corrected chi connectivity index (χ2v) is 5.14. The first-order chi connectivity index (χ1) is 8.34. The van der Waals surface area contributed by atoms with Crippen LogP contribution in [0.25, 0.3) is 0 Å². The molecule has 2 nitrogen and oxygen atoms in total. The van der Waals surface area contributed by atoms with Crippen molar-refractivity contribution in [3.8, 4) is 0 Å². The van der Waals surface area contributed by atoms with Crippen molar-refractivity contribution in [1.29, 1.82) is 0 Å². The summed E-state index contributed by atoms with van der Waals surface area (Å²) in [6.45, 7) is 2.20. The summed E-state index contributed by atoms with van der Waals surface area (Å²) in [6.07, 6.45) is 5.48. The summed E-state index contributed by atoms with van der Waals surface area (Å²) in [5.74, 6) is 1.48. The average Bonchev–Trinajstić information content (AvgIpc) is 2.40. The molecule has 0 unspecified atom stereocenters. The Balaban J connectivity index is 1.89. The van der Waals surface area contributed by atoms with Gasteiger partial charge in [-0.2, -0.15) is 0 Å². The lowest BCUT2D eigenvalue weighted by molar-refractivity contribution is 0.0785. The van der Waals surface area contributed by atoms with Gasteiger partial charge in [0.05, 0.1) is 6.04 Å². The highest BCUT2D eigenvalue weighted by atomic mass is 16.5. The predicted octanol–water partition coefficient (Wildman–Crippen LogP) is 3.41. The van der Waals surface area contributed by atoms with Crippen LogP contribution in [0, 0.1) is 5.92 Å². The lowest BCUT2D eigenvalue weighted by Gasteiger charge is -2.37. The summed E-state index contributed by atoms with van der Waals surface area (Å²) in [5.41, 5.74) is 1.11. The first kappa shape index (κ1) is 10.8. The van der Waals surface area contributed by atoms with Gasteiger partial charge in [-0.3, -0.25) is 0 Å². The van der Waals surface area contributed by atoms with Crippen molar-refractivity contribution in [3.63, 3.8) is 0 Å². The normalized spacial score (nSPS) is 32.3. The van der Waals surface area contributed by atoms with Gasteiger partial charge in [0, 0.05) is 11.5 Å². The SMILES string of the molecule is C[C@H]1OC(c2ccccc2)=N[C@H]2CCCC[C@@H]21. The molecular weight excluding hydrogens is 210 g/mol. The van der Waals surface area contributed by atoms with Gasteiger partial charge in [-0.25, -0.2) is 4.99 Å². The Morgan fingerprint density at radius 1 is 1.12 bits per heavy atom. The Hall–Kier alpha value is -1.31. The van der Waals surface area contributed by atoms with E-state index in [0.29, 0.717) is 18.1 Å². The van der Waals surface area contributed by atoms with E-state index in [0.717, 1.165) is 11.5 Å². The molecule has 2 aliphatic rings. The second-order valence-electron chi connectivity index (χ2n) is 5.14. The lowest BCUT2D eigenvalue weighted by Crippen LogP contribution is -2.40. The summed E-state index contributed by atoms with van der Waals surface area (Å²) < 4.78 is 5.99. The fraction of sp³-hybridized carbons (Fsp3) is 0.533. The van der Waals surface area contributed by atoms with Crippen molar-refractivity contribution in [3.05, 3.63) is 35.9 Å². The van der Waals surface area contributed by atoms with E-state index >= 15 is 0 Å². The zero-order chi connectivity index (χ0) is 11.7. The largest absolute Gasteiger partial charge is 0.474 e. The maximum absolute atomic E-state index is 5.99. The van der Waals surface area contributed by atoms with E-state index in [-0.39, 0.29) is 0 Å². The van der Waals surface area contributed by atoms with Crippen molar-refractivity contribution in [2.75, 3.05) is 0 Å². The Morgan fingerprint density at radius 3 is 2.71 bits per heavy atom. The molecule has 90 valence electrons. The molecule has 3 atom stereocenters. The highest BCUT2D eigenvalue weighted by Crippen LogP contribution is 2.34. The molecule has 0 saturated heterocycles. The van der Waals surface area contributed by atoms with Crippen LogP contribution in [-0.2, 0) is 4.74 Å². The van der Waals surface area contributed by atoms with Crippen molar-refractivity contribution in [2.45, 2.75) is 44.8 Å². The molecule has 0 bridgehead atoms. The molecule has 1 heterocycles. The number of nitrogens with zero attached hydrogens (tertiary/aromatic N) is 1. The molecule has 1 saturated carbocycles. The van der Waals surface area contributed by atoms with Gasteiger partial charge in [-0.05, 0) is 31.9 Å². The van der Waals surface area contributed by atoms with Crippen LogP contribution in [0.4, 0.5) is 0 Å². The molecule has 0 spiro atoms. The van der Waals surface area contributed by atoms with Crippen LogP contribution in [0.15, 0.2) is 35.3 Å². The highest BCUT2D eigenvalue weighted by molar-refractivity contribution is 5.94. The molecule has 0 amide bonds. The third-order valence-corrected chi connectivity index (χ3v) is 3.99. The van der Waals surface area contributed by atoms with E-state index < -0.39 is 0 Å². The molecule has 0 N–H and O–H groups in total. The van der Waals surface area contributed by atoms with Gasteiger partial charge in [0.2, 0.25) is 5.90 Å². The Bertz CT molecular complexity index is 412. The van der Waals surface area contributed by atoms with E-state index in [1.807, 2.05) is 18.2 Å². The van der Waals surface area contributed by atoms with Gasteiger partial charge < -0.3 is 4.74 Å². The molecule has 3 rings (SSSR count). The van der Waals surface area contributed by atoms with Gasteiger partial charge in [0.1, 0.15) is 6.10 Å². The maximum atomic E-state index is 5.99.